The van der Waals surface area contributed by atoms with Crippen LogP contribution in [0.3, 0.4) is 0 Å². The molecule has 0 fully saturated rings. The predicted molar refractivity (Wildman–Crippen MR) is 59.8 cm³/mol. The highest BCUT2D eigenvalue weighted by Gasteiger charge is 2.29. The van der Waals surface area contributed by atoms with Crippen molar-refractivity contribution in [3.05, 3.63) is 0 Å². The van der Waals surface area contributed by atoms with E-state index in [2.05, 4.69) is 0 Å². The van der Waals surface area contributed by atoms with Gasteiger partial charge < -0.3 is 20.4 Å². The van der Waals surface area contributed by atoms with E-state index in [-0.39, 0.29) is 19.4 Å². The summed E-state index contributed by atoms with van der Waals surface area (Å²) < 4.78 is 0. The van der Waals surface area contributed by atoms with Gasteiger partial charge in [-0.15, -0.1) is 0 Å². The Bertz CT molecular complexity index is 367. The lowest BCUT2D eigenvalue weighted by atomic mass is 10.1. The molecule has 1 atom stereocenters. The van der Waals surface area contributed by atoms with Crippen molar-refractivity contribution in [3.63, 3.8) is 0 Å². The molecule has 0 amide bonds. The topological polar surface area (TPSA) is 152 Å². The van der Waals surface area contributed by atoms with Gasteiger partial charge in [-0.3, -0.25) is 24.1 Å². The number of carbonyl (C=O) groups is 4. The van der Waals surface area contributed by atoms with Gasteiger partial charge in [-0.25, -0.2) is 0 Å². The van der Waals surface area contributed by atoms with Crippen molar-refractivity contribution in [1.82, 2.24) is 4.90 Å². The lowest BCUT2D eigenvalue weighted by molar-refractivity contribution is -0.152. The summed E-state index contributed by atoms with van der Waals surface area (Å²) in [6.45, 7) is -0.785. The van der Waals surface area contributed by atoms with Crippen molar-refractivity contribution in [3.8, 4) is 0 Å². The number of rotatable bonds is 10. The third kappa shape index (κ3) is 7.71. The van der Waals surface area contributed by atoms with Crippen LogP contribution in [-0.4, -0.2) is 68.3 Å². The van der Waals surface area contributed by atoms with E-state index in [4.69, 9.17) is 20.4 Å². The van der Waals surface area contributed by atoms with E-state index in [1.165, 1.54) is 0 Å². The maximum Gasteiger partial charge on any atom is 0.321 e. The molecule has 4 N–H and O–H groups in total. The third-order valence-corrected chi connectivity index (χ3v) is 2.27. The molecule has 0 saturated heterocycles. The molecule has 0 aromatic heterocycles. The Kier molecular flexibility index (Phi) is 7.12. The minimum atomic E-state index is -1.50. The normalized spacial score (nSPS) is 12.1. The van der Waals surface area contributed by atoms with Crippen molar-refractivity contribution < 1.29 is 39.6 Å². The number of hydrogen-bond acceptors (Lipinski definition) is 5. The lowest BCUT2D eigenvalue weighted by Crippen LogP contribution is -2.45. The van der Waals surface area contributed by atoms with Crippen LogP contribution >= 0.6 is 0 Å². The fraction of sp³-hybridized carbons (Fsp3) is 0.600. The van der Waals surface area contributed by atoms with E-state index in [1.54, 1.807) is 0 Å². The summed E-state index contributed by atoms with van der Waals surface area (Å²) in [7, 11) is 0. The maximum absolute atomic E-state index is 10.9. The zero-order valence-electron chi connectivity index (χ0n) is 9.98. The summed E-state index contributed by atoms with van der Waals surface area (Å²) in [5.74, 6) is -5.24. The van der Waals surface area contributed by atoms with Crippen molar-refractivity contribution >= 4 is 23.9 Å². The first-order chi connectivity index (χ1) is 8.73. The highest BCUT2D eigenvalue weighted by atomic mass is 16.4. The Labute approximate surface area is 108 Å². The molecule has 9 heteroatoms. The molecule has 0 aromatic carbocycles. The van der Waals surface area contributed by atoms with Gasteiger partial charge in [0.1, 0.15) is 6.04 Å². The first-order valence-corrected chi connectivity index (χ1v) is 5.36. The molecule has 0 spiro atoms. The van der Waals surface area contributed by atoms with Crippen LogP contribution in [0.1, 0.15) is 19.3 Å². The van der Waals surface area contributed by atoms with Crippen molar-refractivity contribution in [2.75, 3.05) is 13.1 Å². The predicted octanol–water partition coefficient (Wildman–Crippen LogP) is -0.834. The van der Waals surface area contributed by atoms with Gasteiger partial charge in [-0.1, -0.05) is 0 Å². The zero-order valence-corrected chi connectivity index (χ0v) is 9.98. The zero-order chi connectivity index (χ0) is 15.0. The molecular weight excluding hydrogens is 262 g/mol. The summed E-state index contributed by atoms with van der Waals surface area (Å²) >= 11 is 0. The van der Waals surface area contributed by atoms with Crippen molar-refractivity contribution in [1.29, 1.82) is 0 Å². The molecule has 0 aliphatic carbocycles. The van der Waals surface area contributed by atoms with E-state index in [1.807, 2.05) is 0 Å². The first-order valence-electron chi connectivity index (χ1n) is 5.36. The third-order valence-electron chi connectivity index (χ3n) is 2.27. The second-order valence-corrected chi connectivity index (χ2v) is 3.81. The number of carboxylic acids is 4. The second-order valence-electron chi connectivity index (χ2n) is 3.81. The molecular formula is C10H15NO8. The largest absolute Gasteiger partial charge is 0.481 e. The van der Waals surface area contributed by atoms with Gasteiger partial charge in [-0.2, -0.15) is 0 Å². The summed E-state index contributed by atoms with van der Waals surface area (Å²) in [5, 5.41) is 34.6. The quantitative estimate of drug-likeness (QED) is 0.400. The molecule has 0 rings (SSSR count). The Balaban J connectivity index is 4.74. The highest BCUT2D eigenvalue weighted by Crippen LogP contribution is 2.07. The molecule has 108 valence electrons. The van der Waals surface area contributed by atoms with Gasteiger partial charge in [0.05, 0.1) is 13.0 Å². The second kappa shape index (κ2) is 8.03. The average molecular weight is 277 g/mol. The molecule has 19 heavy (non-hydrogen) atoms. The molecule has 0 radical (unpaired) electrons. The van der Waals surface area contributed by atoms with E-state index in [0.29, 0.717) is 0 Å². The summed E-state index contributed by atoms with van der Waals surface area (Å²) in [5.41, 5.74) is 0. The van der Waals surface area contributed by atoms with Gasteiger partial charge in [-0.05, 0) is 6.42 Å². The van der Waals surface area contributed by atoms with Crippen molar-refractivity contribution in [2.24, 2.45) is 0 Å². The van der Waals surface area contributed by atoms with E-state index < -0.39 is 42.9 Å². The van der Waals surface area contributed by atoms with Gasteiger partial charge in [0, 0.05) is 13.0 Å². The molecule has 0 aromatic rings. The smallest absolute Gasteiger partial charge is 0.321 e. The van der Waals surface area contributed by atoms with Gasteiger partial charge in [0.25, 0.3) is 0 Å². The van der Waals surface area contributed by atoms with Crippen LogP contribution in [0.15, 0.2) is 0 Å². The van der Waals surface area contributed by atoms with Gasteiger partial charge in [0.2, 0.25) is 0 Å². The first kappa shape index (κ1) is 16.8. The van der Waals surface area contributed by atoms with Crippen LogP contribution in [0, 0.1) is 0 Å². The van der Waals surface area contributed by atoms with E-state index in [9.17, 15) is 19.2 Å². The summed E-state index contributed by atoms with van der Waals surface area (Å²) in [4.78, 5) is 43.4. The molecule has 9 nitrogen and oxygen atoms in total. The van der Waals surface area contributed by atoms with Crippen LogP contribution in [0.5, 0.6) is 0 Å². The molecule has 0 saturated carbocycles. The molecule has 0 aliphatic rings. The van der Waals surface area contributed by atoms with E-state index in [0.717, 1.165) is 4.90 Å². The van der Waals surface area contributed by atoms with Gasteiger partial charge in [0.15, 0.2) is 0 Å². The fourth-order valence-electron chi connectivity index (χ4n) is 1.49. The van der Waals surface area contributed by atoms with Crippen molar-refractivity contribution in [2.45, 2.75) is 25.3 Å². The minimum absolute atomic E-state index is 0.0337. The Morgan fingerprint density at radius 1 is 0.895 bits per heavy atom. The van der Waals surface area contributed by atoms with Crippen LogP contribution in [-0.2, 0) is 19.2 Å². The Hall–Kier alpha value is -2.16. The van der Waals surface area contributed by atoms with Gasteiger partial charge >= 0.3 is 23.9 Å². The SMILES string of the molecule is O=C(O)CCCN(CC(=O)O)C(CC(=O)O)C(=O)O. The van der Waals surface area contributed by atoms with Crippen LogP contribution < -0.4 is 0 Å². The molecule has 1 unspecified atom stereocenters. The summed E-state index contributed by atoms with van der Waals surface area (Å²) in [6.07, 6.45) is -0.975. The number of aliphatic carboxylic acids is 4. The molecule has 0 bridgehead atoms. The Morgan fingerprint density at radius 2 is 1.47 bits per heavy atom. The standard InChI is InChI=1S/C10H15NO8/c12-7(13)2-1-3-11(5-9(16)17)6(10(18)19)4-8(14)15/h6H,1-5H2,(H,12,13)(H,14,15)(H,16,17)(H,18,19). The van der Waals surface area contributed by atoms with Crippen LogP contribution in [0.25, 0.3) is 0 Å². The van der Waals surface area contributed by atoms with E-state index >= 15 is 0 Å². The molecule has 0 aliphatic heterocycles. The summed E-state index contributed by atoms with van der Waals surface area (Å²) in [6, 6.07) is -1.50. The number of nitrogens with zero attached hydrogens (tertiary/aromatic N) is 1. The van der Waals surface area contributed by atoms with Crippen LogP contribution in [0.2, 0.25) is 0 Å². The van der Waals surface area contributed by atoms with Crippen LogP contribution in [0.4, 0.5) is 0 Å². The fourth-order valence-corrected chi connectivity index (χ4v) is 1.49. The average Bonchev–Trinajstić information content (AvgIpc) is 2.22. The number of hydrogen-bond donors (Lipinski definition) is 4. The Morgan fingerprint density at radius 3 is 1.84 bits per heavy atom. The number of carboxylic acid groups (broad SMARTS) is 4. The maximum atomic E-state index is 10.9. The molecule has 0 heterocycles. The minimum Gasteiger partial charge on any atom is -0.481 e. The highest BCUT2D eigenvalue weighted by molar-refractivity contribution is 5.81. The lowest BCUT2D eigenvalue weighted by Gasteiger charge is -2.25. The monoisotopic (exact) mass is 277 g/mol.